The topological polar surface area (TPSA) is 78.3 Å². The van der Waals surface area contributed by atoms with Crippen LogP contribution in [-0.2, 0) is 4.79 Å². The molecule has 2 N–H and O–H groups in total. The van der Waals surface area contributed by atoms with Crippen molar-refractivity contribution in [3.8, 4) is 0 Å². The smallest absolute Gasteiger partial charge is 0.313 e. The molecule has 0 aliphatic carbocycles. The predicted molar refractivity (Wildman–Crippen MR) is 72.4 cm³/mol. The number of thioether (sulfide) groups is 1. The van der Waals surface area contributed by atoms with Crippen LogP contribution in [0.2, 0.25) is 0 Å². The van der Waals surface area contributed by atoms with Gasteiger partial charge < -0.3 is 15.3 Å². The quantitative estimate of drug-likeness (QED) is 0.789. The fraction of sp³-hybridized carbons (Fsp3) is 0.700. The Kier molecular flexibility index (Phi) is 4.79. The minimum absolute atomic E-state index is 0.0306. The molecule has 0 saturated carbocycles. The summed E-state index contributed by atoms with van der Waals surface area (Å²) in [5.41, 5.74) is 0. The number of piperidine rings is 1. The molecule has 0 bridgehead atoms. The Bertz CT molecular complexity index is 404. The summed E-state index contributed by atoms with van der Waals surface area (Å²) in [4.78, 5) is 12.8. The van der Waals surface area contributed by atoms with Crippen LogP contribution in [0.5, 0.6) is 0 Å². The van der Waals surface area contributed by atoms with Gasteiger partial charge in [-0.1, -0.05) is 23.1 Å². The van der Waals surface area contributed by atoms with Gasteiger partial charge in [0.1, 0.15) is 0 Å². The highest BCUT2D eigenvalue weighted by Gasteiger charge is 2.17. The van der Waals surface area contributed by atoms with Crippen molar-refractivity contribution in [1.82, 2.24) is 15.1 Å². The van der Waals surface area contributed by atoms with Crippen LogP contribution in [0.15, 0.2) is 4.34 Å². The van der Waals surface area contributed by atoms with Gasteiger partial charge in [0, 0.05) is 6.04 Å². The summed E-state index contributed by atoms with van der Waals surface area (Å²) in [5.74, 6) is -0.803. The number of nitrogens with one attached hydrogen (secondary N) is 1. The average Bonchev–Trinajstić information content (AvgIpc) is 2.77. The zero-order valence-electron chi connectivity index (χ0n) is 10.1. The van der Waals surface area contributed by atoms with Gasteiger partial charge in [0.05, 0.1) is 5.75 Å². The number of aliphatic carboxylic acids is 1. The summed E-state index contributed by atoms with van der Waals surface area (Å²) >= 11 is 2.63. The van der Waals surface area contributed by atoms with Crippen LogP contribution in [0.25, 0.3) is 0 Å². The van der Waals surface area contributed by atoms with E-state index in [1.807, 2.05) is 0 Å². The lowest BCUT2D eigenvalue weighted by Gasteiger charge is -2.29. The number of anilines is 1. The number of aromatic nitrogens is 2. The van der Waals surface area contributed by atoms with E-state index >= 15 is 0 Å². The van der Waals surface area contributed by atoms with E-state index in [-0.39, 0.29) is 5.75 Å². The largest absolute Gasteiger partial charge is 0.481 e. The lowest BCUT2D eigenvalue weighted by atomic mass is 10.1. The maximum Gasteiger partial charge on any atom is 0.313 e. The highest BCUT2D eigenvalue weighted by Crippen LogP contribution is 2.26. The van der Waals surface area contributed by atoms with Crippen molar-refractivity contribution in [2.45, 2.75) is 23.2 Å². The van der Waals surface area contributed by atoms with Crippen LogP contribution in [0.1, 0.15) is 12.8 Å². The van der Waals surface area contributed by atoms with E-state index in [0.29, 0.717) is 10.4 Å². The number of carboxylic acid groups (broad SMARTS) is 1. The van der Waals surface area contributed by atoms with E-state index in [4.69, 9.17) is 5.11 Å². The summed E-state index contributed by atoms with van der Waals surface area (Å²) in [6.45, 7) is 2.19. The van der Waals surface area contributed by atoms with Crippen molar-refractivity contribution in [1.29, 1.82) is 0 Å². The van der Waals surface area contributed by atoms with Gasteiger partial charge in [0.2, 0.25) is 5.13 Å². The van der Waals surface area contributed by atoms with Gasteiger partial charge in [-0.2, -0.15) is 0 Å². The van der Waals surface area contributed by atoms with E-state index in [2.05, 4.69) is 27.5 Å². The Balaban J connectivity index is 1.81. The molecule has 2 heterocycles. The van der Waals surface area contributed by atoms with Crippen molar-refractivity contribution in [2.24, 2.45) is 0 Å². The molecule has 0 spiro atoms. The van der Waals surface area contributed by atoms with E-state index in [1.54, 1.807) is 0 Å². The van der Waals surface area contributed by atoms with Crippen molar-refractivity contribution < 1.29 is 9.90 Å². The zero-order chi connectivity index (χ0) is 13.0. The second-order valence-corrected chi connectivity index (χ2v) is 6.48. The highest BCUT2D eigenvalue weighted by molar-refractivity contribution is 8.01. The van der Waals surface area contributed by atoms with Gasteiger partial charge in [-0.05, 0) is 33.0 Å². The first-order chi connectivity index (χ1) is 8.63. The molecule has 2 rings (SSSR count). The van der Waals surface area contributed by atoms with Crippen LogP contribution in [-0.4, -0.2) is 58.1 Å². The number of carbonyl (C=O) groups is 1. The number of hydrogen-bond donors (Lipinski definition) is 2. The van der Waals surface area contributed by atoms with Gasteiger partial charge in [-0.25, -0.2) is 0 Å². The zero-order valence-corrected chi connectivity index (χ0v) is 11.8. The molecule has 1 fully saturated rings. The van der Waals surface area contributed by atoms with Crippen LogP contribution < -0.4 is 5.32 Å². The molecule has 1 aliphatic heterocycles. The number of carboxylic acids is 1. The molecule has 0 unspecified atom stereocenters. The Hall–Kier alpha value is -0.860. The molecule has 0 amide bonds. The third kappa shape index (κ3) is 4.11. The fourth-order valence-corrected chi connectivity index (χ4v) is 3.33. The number of rotatable bonds is 5. The fourth-order valence-electron chi connectivity index (χ4n) is 1.78. The molecule has 0 aromatic carbocycles. The Morgan fingerprint density at radius 2 is 2.28 bits per heavy atom. The first kappa shape index (κ1) is 13.6. The summed E-state index contributed by atoms with van der Waals surface area (Å²) in [5, 5.41) is 20.7. The van der Waals surface area contributed by atoms with Crippen LogP contribution in [0.3, 0.4) is 0 Å². The van der Waals surface area contributed by atoms with E-state index < -0.39 is 5.97 Å². The minimum atomic E-state index is -0.833. The molecule has 100 valence electrons. The molecule has 0 atom stereocenters. The Morgan fingerprint density at radius 1 is 1.56 bits per heavy atom. The summed E-state index contributed by atoms with van der Waals surface area (Å²) in [6.07, 6.45) is 2.21. The predicted octanol–water partition coefficient (Wildman–Crippen LogP) is 1.22. The van der Waals surface area contributed by atoms with Gasteiger partial charge in [-0.15, -0.1) is 10.2 Å². The Labute approximate surface area is 114 Å². The molecule has 0 radical (unpaired) electrons. The van der Waals surface area contributed by atoms with Crippen molar-refractivity contribution in [3.63, 3.8) is 0 Å². The number of hydrogen-bond acceptors (Lipinski definition) is 7. The summed E-state index contributed by atoms with van der Waals surface area (Å²) in [6, 6.07) is 0.450. The SMILES string of the molecule is CN1CCC(Nc2nnc(SCC(=O)O)s2)CC1. The van der Waals surface area contributed by atoms with Crippen molar-refractivity contribution >= 4 is 34.2 Å². The maximum absolute atomic E-state index is 10.4. The molecule has 1 aliphatic rings. The number of likely N-dealkylation sites (tertiary alicyclic amines) is 1. The molecule has 18 heavy (non-hydrogen) atoms. The maximum atomic E-state index is 10.4. The van der Waals surface area contributed by atoms with E-state index in [1.165, 1.54) is 23.1 Å². The summed E-state index contributed by atoms with van der Waals surface area (Å²) < 4.78 is 0.702. The van der Waals surface area contributed by atoms with Crippen LogP contribution in [0.4, 0.5) is 5.13 Å². The first-order valence-corrected chi connectivity index (χ1v) is 7.57. The van der Waals surface area contributed by atoms with E-state index in [0.717, 1.165) is 31.1 Å². The van der Waals surface area contributed by atoms with Crippen molar-refractivity contribution in [3.05, 3.63) is 0 Å². The Morgan fingerprint density at radius 3 is 2.94 bits per heavy atom. The van der Waals surface area contributed by atoms with E-state index in [9.17, 15) is 4.79 Å². The second kappa shape index (κ2) is 6.35. The van der Waals surface area contributed by atoms with Crippen LogP contribution in [0, 0.1) is 0 Å². The molecular formula is C10H16N4O2S2. The molecule has 1 aromatic heterocycles. The third-order valence-corrected chi connectivity index (χ3v) is 4.74. The molecular weight excluding hydrogens is 272 g/mol. The van der Waals surface area contributed by atoms with Gasteiger partial charge >= 0.3 is 5.97 Å². The molecule has 1 aromatic rings. The van der Waals surface area contributed by atoms with Crippen molar-refractivity contribution in [2.75, 3.05) is 31.2 Å². The minimum Gasteiger partial charge on any atom is -0.481 e. The average molecular weight is 288 g/mol. The standard InChI is InChI=1S/C10H16N4O2S2/c1-14-4-2-7(3-5-14)11-9-12-13-10(18-9)17-6-8(15)16/h7H,2-6H2,1H3,(H,11,12)(H,15,16). The second-order valence-electron chi connectivity index (χ2n) is 4.28. The molecule has 8 heteroatoms. The lowest BCUT2D eigenvalue weighted by Crippen LogP contribution is -2.36. The third-order valence-electron chi connectivity index (χ3n) is 2.77. The normalized spacial score (nSPS) is 17.8. The van der Waals surface area contributed by atoms with Gasteiger partial charge in [0.25, 0.3) is 0 Å². The summed E-state index contributed by atoms with van der Waals surface area (Å²) in [7, 11) is 2.13. The molecule has 6 nitrogen and oxygen atoms in total. The number of nitrogens with zero attached hydrogens (tertiary/aromatic N) is 3. The monoisotopic (exact) mass is 288 g/mol. The first-order valence-electron chi connectivity index (χ1n) is 5.76. The van der Waals surface area contributed by atoms with Crippen LogP contribution >= 0.6 is 23.1 Å². The molecule has 1 saturated heterocycles. The lowest BCUT2D eigenvalue weighted by molar-refractivity contribution is -0.133. The highest BCUT2D eigenvalue weighted by atomic mass is 32.2. The van der Waals surface area contributed by atoms with Gasteiger partial charge in [-0.3, -0.25) is 4.79 Å². The van der Waals surface area contributed by atoms with Gasteiger partial charge in [0.15, 0.2) is 4.34 Å².